The summed E-state index contributed by atoms with van der Waals surface area (Å²) < 4.78 is 12.9. The number of benzene rings is 1. The van der Waals surface area contributed by atoms with E-state index in [1.54, 1.807) is 18.5 Å². The molecule has 0 aliphatic heterocycles. The molecule has 0 unspecified atom stereocenters. The predicted octanol–water partition coefficient (Wildman–Crippen LogP) is 2.19. The third-order valence-corrected chi connectivity index (χ3v) is 2.54. The van der Waals surface area contributed by atoms with Crippen LogP contribution in [0, 0.1) is 5.82 Å². The van der Waals surface area contributed by atoms with E-state index in [2.05, 4.69) is 10.3 Å². The summed E-state index contributed by atoms with van der Waals surface area (Å²) in [6.45, 7) is 0.513. The van der Waals surface area contributed by atoms with Crippen LogP contribution in [0.15, 0.2) is 48.8 Å². The molecule has 0 saturated carbocycles. The zero-order valence-corrected chi connectivity index (χ0v) is 9.77. The molecule has 0 aliphatic carbocycles. The first kappa shape index (κ1) is 12.2. The number of carbonyl (C=O) groups excluding carboxylic acids is 1. The van der Waals surface area contributed by atoms with Gasteiger partial charge in [-0.25, -0.2) is 4.39 Å². The monoisotopic (exact) mass is 244 g/mol. The van der Waals surface area contributed by atoms with E-state index >= 15 is 0 Å². The Hall–Kier alpha value is -2.23. The SMILES string of the molecule is O=C(NCCc1ccncc1)c1cccc(F)c1. The van der Waals surface area contributed by atoms with Crippen LogP contribution in [0.4, 0.5) is 4.39 Å². The van der Waals surface area contributed by atoms with Crippen LogP contribution in [0.5, 0.6) is 0 Å². The van der Waals surface area contributed by atoms with Gasteiger partial charge in [0.25, 0.3) is 5.91 Å². The van der Waals surface area contributed by atoms with E-state index in [4.69, 9.17) is 0 Å². The van der Waals surface area contributed by atoms with Gasteiger partial charge in [-0.05, 0) is 42.3 Å². The number of pyridine rings is 1. The first-order chi connectivity index (χ1) is 8.75. The number of hydrogen-bond acceptors (Lipinski definition) is 2. The molecule has 0 radical (unpaired) electrons. The normalized spacial score (nSPS) is 10.1. The Morgan fingerprint density at radius 2 is 2.00 bits per heavy atom. The fourth-order valence-corrected chi connectivity index (χ4v) is 1.60. The van der Waals surface area contributed by atoms with Crippen LogP contribution >= 0.6 is 0 Å². The molecule has 1 heterocycles. The van der Waals surface area contributed by atoms with Gasteiger partial charge >= 0.3 is 0 Å². The van der Waals surface area contributed by atoms with Crippen molar-refractivity contribution in [1.82, 2.24) is 10.3 Å². The molecule has 3 nitrogen and oxygen atoms in total. The Balaban J connectivity index is 1.86. The van der Waals surface area contributed by atoms with Crippen LogP contribution in [-0.2, 0) is 6.42 Å². The van der Waals surface area contributed by atoms with Gasteiger partial charge in [-0.1, -0.05) is 6.07 Å². The van der Waals surface area contributed by atoms with Gasteiger partial charge in [0.05, 0.1) is 0 Å². The fourth-order valence-electron chi connectivity index (χ4n) is 1.60. The highest BCUT2D eigenvalue weighted by atomic mass is 19.1. The Bertz CT molecular complexity index is 528. The second kappa shape index (κ2) is 5.91. The van der Waals surface area contributed by atoms with Crippen LogP contribution in [0.3, 0.4) is 0 Å². The minimum absolute atomic E-state index is 0.261. The topological polar surface area (TPSA) is 42.0 Å². The van der Waals surface area contributed by atoms with Crippen LogP contribution in [-0.4, -0.2) is 17.4 Å². The molecule has 18 heavy (non-hydrogen) atoms. The van der Waals surface area contributed by atoms with Crippen LogP contribution < -0.4 is 5.32 Å². The van der Waals surface area contributed by atoms with E-state index in [1.807, 2.05) is 12.1 Å². The molecule has 2 aromatic rings. The van der Waals surface area contributed by atoms with Crippen molar-refractivity contribution in [3.8, 4) is 0 Å². The molecule has 0 aliphatic rings. The third-order valence-electron chi connectivity index (χ3n) is 2.54. The number of aromatic nitrogens is 1. The summed E-state index contributed by atoms with van der Waals surface area (Å²) in [5, 5.41) is 2.75. The minimum Gasteiger partial charge on any atom is -0.352 e. The smallest absolute Gasteiger partial charge is 0.251 e. The molecule has 0 bridgehead atoms. The van der Waals surface area contributed by atoms with Gasteiger partial charge in [-0.15, -0.1) is 0 Å². The maximum atomic E-state index is 12.9. The van der Waals surface area contributed by atoms with E-state index in [9.17, 15) is 9.18 Å². The quantitative estimate of drug-likeness (QED) is 0.895. The Labute approximate surface area is 105 Å². The third kappa shape index (κ3) is 3.38. The average Bonchev–Trinajstić information content (AvgIpc) is 2.40. The first-order valence-corrected chi connectivity index (χ1v) is 5.68. The van der Waals surface area contributed by atoms with Crippen molar-refractivity contribution in [2.24, 2.45) is 0 Å². The Morgan fingerprint density at radius 3 is 2.72 bits per heavy atom. The second-order valence-corrected chi connectivity index (χ2v) is 3.87. The lowest BCUT2D eigenvalue weighted by Gasteiger charge is -2.05. The first-order valence-electron chi connectivity index (χ1n) is 5.68. The molecule has 0 spiro atoms. The maximum Gasteiger partial charge on any atom is 0.251 e. The van der Waals surface area contributed by atoms with E-state index in [1.165, 1.54) is 18.2 Å². The van der Waals surface area contributed by atoms with Crippen molar-refractivity contribution in [1.29, 1.82) is 0 Å². The number of rotatable bonds is 4. The molecule has 1 amide bonds. The zero-order chi connectivity index (χ0) is 12.8. The fraction of sp³-hybridized carbons (Fsp3) is 0.143. The van der Waals surface area contributed by atoms with E-state index in [0.717, 1.165) is 12.0 Å². The molecule has 0 atom stereocenters. The van der Waals surface area contributed by atoms with Gasteiger partial charge in [0.15, 0.2) is 0 Å². The van der Waals surface area contributed by atoms with E-state index < -0.39 is 5.82 Å². The van der Waals surface area contributed by atoms with Gasteiger partial charge in [-0.2, -0.15) is 0 Å². The van der Waals surface area contributed by atoms with Gasteiger partial charge in [-0.3, -0.25) is 9.78 Å². The average molecular weight is 244 g/mol. The molecule has 92 valence electrons. The lowest BCUT2D eigenvalue weighted by molar-refractivity contribution is 0.0953. The highest BCUT2D eigenvalue weighted by Crippen LogP contribution is 2.03. The van der Waals surface area contributed by atoms with Crippen LogP contribution in [0.1, 0.15) is 15.9 Å². The molecule has 0 saturated heterocycles. The van der Waals surface area contributed by atoms with Crippen molar-refractivity contribution < 1.29 is 9.18 Å². The van der Waals surface area contributed by atoms with Crippen LogP contribution in [0.25, 0.3) is 0 Å². The molecular weight excluding hydrogens is 231 g/mol. The molecule has 4 heteroatoms. The predicted molar refractivity (Wildman–Crippen MR) is 66.7 cm³/mol. The molecular formula is C14H13FN2O. The van der Waals surface area contributed by atoms with Crippen molar-refractivity contribution in [3.05, 3.63) is 65.7 Å². The summed E-state index contributed by atoms with van der Waals surface area (Å²) in [5.74, 6) is -0.666. The summed E-state index contributed by atoms with van der Waals surface area (Å²) in [4.78, 5) is 15.6. The van der Waals surface area contributed by atoms with Gasteiger partial charge in [0.1, 0.15) is 5.82 Å². The summed E-state index contributed by atoms with van der Waals surface area (Å²) in [6, 6.07) is 9.44. The van der Waals surface area contributed by atoms with Crippen molar-refractivity contribution >= 4 is 5.91 Å². The second-order valence-electron chi connectivity index (χ2n) is 3.87. The van der Waals surface area contributed by atoms with E-state index in [0.29, 0.717) is 12.1 Å². The number of amides is 1. The largest absolute Gasteiger partial charge is 0.352 e. The summed E-state index contributed by atoms with van der Waals surface area (Å²) >= 11 is 0. The molecule has 1 N–H and O–H groups in total. The summed E-state index contributed by atoms with van der Waals surface area (Å²) in [6.07, 6.45) is 4.15. The van der Waals surface area contributed by atoms with Gasteiger partial charge in [0.2, 0.25) is 0 Å². The van der Waals surface area contributed by atoms with Gasteiger partial charge in [0, 0.05) is 24.5 Å². The zero-order valence-electron chi connectivity index (χ0n) is 9.77. The Morgan fingerprint density at radius 1 is 1.22 bits per heavy atom. The van der Waals surface area contributed by atoms with Crippen molar-refractivity contribution in [2.75, 3.05) is 6.54 Å². The number of hydrogen-bond donors (Lipinski definition) is 1. The standard InChI is InChI=1S/C14H13FN2O/c15-13-3-1-2-12(10-13)14(18)17-9-6-11-4-7-16-8-5-11/h1-5,7-8,10H,6,9H2,(H,17,18). The molecule has 0 fully saturated rings. The van der Waals surface area contributed by atoms with E-state index in [-0.39, 0.29) is 5.91 Å². The summed E-state index contributed by atoms with van der Waals surface area (Å²) in [7, 11) is 0. The molecule has 1 aromatic heterocycles. The number of nitrogens with one attached hydrogen (secondary N) is 1. The maximum absolute atomic E-state index is 12.9. The van der Waals surface area contributed by atoms with Crippen LogP contribution in [0.2, 0.25) is 0 Å². The summed E-state index contributed by atoms with van der Waals surface area (Å²) in [5.41, 5.74) is 1.44. The Kier molecular flexibility index (Phi) is 4.02. The number of halogens is 1. The number of carbonyl (C=O) groups is 1. The number of nitrogens with zero attached hydrogens (tertiary/aromatic N) is 1. The molecule has 1 aromatic carbocycles. The highest BCUT2D eigenvalue weighted by Gasteiger charge is 2.05. The van der Waals surface area contributed by atoms with Gasteiger partial charge < -0.3 is 5.32 Å². The molecule has 2 rings (SSSR count). The lowest BCUT2D eigenvalue weighted by Crippen LogP contribution is -2.25. The van der Waals surface area contributed by atoms with Crippen molar-refractivity contribution in [3.63, 3.8) is 0 Å². The van der Waals surface area contributed by atoms with Crippen molar-refractivity contribution in [2.45, 2.75) is 6.42 Å². The lowest BCUT2D eigenvalue weighted by atomic mass is 10.2. The minimum atomic E-state index is -0.406. The highest BCUT2D eigenvalue weighted by molar-refractivity contribution is 5.94.